The van der Waals surface area contributed by atoms with Crippen molar-refractivity contribution in [1.82, 2.24) is 5.32 Å². The van der Waals surface area contributed by atoms with Gasteiger partial charge in [-0.25, -0.2) is 0 Å². The first-order valence-electron chi connectivity index (χ1n) is 7.77. The third kappa shape index (κ3) is 5.15. The van der Waals surface area contributed by atoms with E-state index in [4.69, 9.17) is 21.1 Å². The maximum Gasteiger partial charge on any atom is 0.163 e. The minimum absolute atomic E-state index is 0.398. The summed E-state index contributed by atoms with van der Waals surface area (Å²) in [5.74, 6) is 1.36. The monoisotopic (exact) mass is 333 g/mol. The first-order chi connectivity index (χ1) is 11.0. The highest BCUT2D eigenvalue weighted by Crippen LogP contribution is 2.34. The lowest BCUT2D eigenvalue weighted by molar-refractivity contribution is 0.284. The summed E-state index contributed by atoms with van der Waals surface area (Å²) in [5, 5.41) is 4.03. The molecule has 3 nitrogen and oxygen atoms in total. The largest absolute Gasteiger partial charge is 0.493 e. The molecule has 124 valence electrons. The van der Waals surface area contributed by atoms with Crippen LogP contribution < -0.4 is 14.8 Å². The summed E-state index contributed by atoms with van der Waals surface area (Å²) < 4.78 is 11.3. The van der Waals surface area contributed by atoms with Gasteiger partial charge in [-0.15, -0.1) is 0 Å². The molecule has 1 N–H and O–H groups in total. The molecular weight excluding hydrogens is 310 g/mol. The molecule has 2 rings (SSSR count). The molecule has 0 amide bonds. The number of methoxy groups -OCH3 is 1. The standard InChI is InChI=1S/C19H24ClNO2/c1-13(2)21-11-16-9-18(22-4)19(10-17(16)20)23-12-15-7-5-14(3)6-8-15/h5-10,13,21H,11-12H2,1-4H3. The van der Waals surface area contributed by atoms with Crippen LogP contribution in [0.1, 0.15) is 30.5 Å². The van der Waals surface area contributed by atoms with E-state index in [1.807, 2.05) is 12.1 Å². The van der Waals surface area contributed by atoms with Crippen LogP contribution in [0.2, 0.25) is 5.02 Å². The van der Waals surface area contributed by atoms with Crippen LogP contribution in [-0.4, -0.2) is 13.2 Å². The molecular formula is C19H24ClNO2. The molecule has 0 aliphatic heterocycles. The van der Waals surface area contributed by atoms with E-state index in [2.05, 4.69) is 50.4 Å². The second kappa shape index (κ2) is 8.23. The molecule has 4 heteroatoms. The number of ether oxygens (including phenoxy) is 2. The van der Waals surface area contributed by atoms with Gasteiger partial charge in [0, 0.05) is 23.7 Å². The summed E-state index contributed by atoms with van der Waals surface area (Å²) in [6.45, 7) is 7.45. The van der Waals surface area contributed by atoms with Gasteiger partial charge in [0.2, 0.25) is 0 Å². The van der Waals surface area contributed by atoms with Crippen molar-refractivity contribution in [3.8, 4) is 11.5 Å². The zero-order valence-electron chi connectivity index (χ0n) is 14.2. The van der Waals surface area contributed by atoms with Crippen molar-refractivity contribution in [2.24, 2.45) is 0 Å². The number of benzene rings is 2. The Balaban J connectivity index is 2.11. The van der Waals surface area contributed by atoms with Gasteiger partial charge in [-0.1, -0.05) is 55.3 Å². The zero-order valence-corrected chi connectivity index (χ0v) is 14.9. The van der Waals surface area contributed by atoms with Crippen LogP contribution in [-0.2, 0) is 13.2 Å². The molecule has 0 atom stereocenters. The molecule has 0 bridgehead atoms. The van der Waals surface area contributed by atoms with E-state index in [1.54, 1.807) is 7.11 Å². The van der Waals surface area contributed by atoms with Crippen molar-refractivity contribution in [3.63, 3.8) is 0 Å². The number of halogens is 1. The molecule has 0 saturated heterocycles. The molecule has 23 heavy (non-hydrogen) atoms. The Labute approximate surface area is 143 Å². The SMILES string of the molecule is COc1cc(CNC(C)C)c(Cl)cc1OCc1ccc(C)cc1. The summed E-state index contributed by atoms with van der Waals surface area (Å²) in [6, 6.07) is 12.4. The molecule has 2 aromatic carbocycles. The first kappa shape index (κ1) is 17.6. The van der Waals surface area contributed by atoms with Gasteiger partial charge < -0.3 is 14.8 Å². The fourth-order valence-corrected chi connectivity index (χ4v) is 2.36. The van der Waals surface area contributed by atoms with E-state index in [-0.39, 0.29) is 0 Å². The number of rotatable bonds is 7. The van der Waals surface area contributed by atoms with Gasteiger partial charge in [0.1, 0.15) is 6.61 Å². The predicted octanol–water partition coefficient (Wildman–Crippen LogP) is 4.73. The maximum atomic E-state index is 6.37. The highest BCUT2D eigenvalue weighted by Gasteiger charge is 2.11. The van der Waals surface area contributed by atoms with Gasteiger partial charge in [-0.2, -0.15) is 0 Å². The first-order valence-corrected chi connectivity index (χ1v) is 8.15. The average Bonchev–Trinajstić information content (AvgIpc) is 2.53. The Morgan fingerprint density at radius 3 is 2.39 bits per heavy atom. The highest BCUT2D eigenvalue weighted by molar-refractivity contribution is 6.31. The molecule has 0 aliphatic rings. The van der Waals surface area contributed by atoms with Crippen molar-refractivity contribution in [2.75, 3.05) is 7.11 Å². The zero-order chi connectivity index (χ0) is 16.8. The van der Waals surface area contributed by atoms with Crippen molar-refractivity contribution in [2.45, 2.75) is 40.0 Å². The molecule has 0 unspecified atom stereocenters. The van der Waals surface area contributed by atoms with Gasteiger partial charge in [-0.05, 0) is 24.1 Å². The molecule has 2 aromatic rings. The maximum absolute atomic E-state index is 6.37. The summed E-state index contributed by atoms with van der Waals surface area (Å²) in [7, 11) is 1.64. The minimum Gasteiger partial charge on any atom is -0.493 e. The number of nitrogens with one attached hydrogen (secondary N) is 1. The van der Waals surface area contributed by atoms with Crippen LogP contribution in [0.15, 0.2) is 36.4 Å². The second-order valence-electron chi connectivity index (χ2n) is 5.90. The van der Waals surface area contributed by atoms with Crippen LogP contribution in [0.5, 0.6) is 11.5 Å². The molecule has 0 saturated carbocycles. The lowest BCUT2D eigenvalue weighted by Gasteiger charge is -2.15. The van der Waals surface area contributed by atoms with Crippen LogP contribution in [0.4, 0.5) is 0 Å². The fraction of sp³-hybridized carbons (Fsp3) is 0.368. The Kier molecular flexibility index (Phi) is 6.31. The average molecular weight is 334 g/mol. The van der Waals surface area contributed by atoms with Gasteiger partial charge in [0.25, 0.3) is 0 Å². The normalized spacial score (nSPS) is 10.9. The van der Waals surface area contributed by atoms with Crippen LogP contribution in [0, 0.1) is 6.92 Å². The Morgan fingerprint density at radius 2 is 1.78 bits per heavy atom. The van der Waals surface area contributed by atoms with E-state index in [0.717, 1.165) is 11.1 Å². The second-order valence-corrected chi connectivity index (χ2v) is 6.31. The van der Waals surface area contributed by atoms with E-state index in [9.17, 15) is 0 Å². The summed E-state index contributed by atoms with van der Waals surface area (Å²) >= 11 is 6.37. The molecule has 0 aliphatic carbocycles. The topological polar surface area (TPSA) is 30.5 Å². The molecule has 0 heterocycles. The quantitative estimate of drug-likeness (QED) is 0.794. The lowest BCUT2D eigenvalue weighted by Crippen LogP contribution is -2.22. The Bertz CT molecular complexity index is 639. The molecule has 0 fully saturated rings. The van der Waals surface area contributed by atoms with E-state index < -0.39 is 0 Å². The Morgan fingerprint density at radius 1 is 1.09 bits per heavy atom. The van der Waals surface area contributed by atoms with Crippen molar-refractivity contribution in [1.29, 1.82) is 0 Å². The van der Waals surface area contributed by atoms with Crippen LogP contribution in [0.3, 0.4) is 0 Å². The third-order valence-corrected chi connectivity index (χ3v) is 3.90. The van der Waals surface area contributed by atoms with Crippen molar-refractivity contribution in [3.05, 3.63) is 58.1 Å². The van der Waals surface area contributed by atoms with Crippen LogP contribution in [0.25, 0.3) is 0 Å². The van der Waals surface area contributed by atoms with Crippen LogP contribution >= 0.6 is 11.6 Å². The summed E-state index contributed by atoms with van der Waals surface area (Å²) in [5.41, 5.74) is 3.34. The van der Waals surface area contributed by atoms with Crippen molar-refractivity contribution >= 4 is 11.6 Å². The highest BCUT2D eigenvalue weighted by atomic mass is 35.5. The lowest BCUT2D eigenvalue weighted by atomic mass is 10.1. The number of hydrogen-bond donors (Lipinski definition) is 1. The van der Waals surface area contributed by atoms with E-state index in [0.29, 0.717) is 35.7 Å². The van der Waals surface area contributed by atoms with Gasteiger partial charge in [-0.3, -0.25) is 0 Å². The molecule has 0 radical (unpaired) electrons. The fourth-order valence-electron chi connectivity index (χ4n) is 2.14. The summed E-state index contributed by atoms with van der Waals surface area (Å²) in [6.07, 6.45) is 0. The Hall–Kier alpha value is -1.71. The van der Waals surface area contributed by atoms with Gasteiger partial charge in [0.15, 0.2) is 11.5 Å². The van der Waals surface area contributed by atoms with E-state index in [1.165, 1.54) is 5.56 Å². The van der Waals surface area contributed by atoms with E-state index >= 15 is 0 Å². The van der Waals surface area contributed by atoms with Gasteiger partial charge in [0.05, 0.1) is 7.11 Å². The number of aryl methyl sites for hydroxylation is 1. The summed E-state index contributed by atoms with van der Waals surface area (Å²) in [4.78, 5) is 0. The van der Waals surface area contributed by atoms with Gasteiger partial charge >= 0.3 is 0 Å². The van der Waals surface area contributed by atoms with Crippen molar-refractivity contribution < 1.29 is 9.47 Å². The molecule has 0 aromatic heterocycles. The predicted molar refractivity (Wildman–Crippen MR) is 95.5 cm³/mol. The minimum atomic E-state index is 0.398. The molecule has 0 spiro atoms. The third-order valence-electron chi connectivity index (χ3n) is 3.55. The smallest absolute Gasteiger partial charge is 0.163 e. The number of hydrogen-bond acceptors (Lipinski definition) is 3.